The summed E-state index contributed by atoms with van der Waals surface area (Å²) in [6.45, 7) is 5.19. The molecule has 0 radical (unpaired) electrons. The third-order valence-corrected chi connectivity index (χ3v) is 4.87. The maximum absolute atomic E-state index is 12.4. The average Bonchev–Trinajstić information content (AvgIpc) is 2.86. The number of aromatic nitrogens is 1. The van der Waals surface area contributed by atoms with Crippen LogP contribution in [0.3, 0.4) is 0 Å². The van der Waals surface area contributed by atoms with Crippen molar-refractivity contribution in [3.8, 4) is 0 Å². The fourth-order valence-electron chi connectivity index (χ4n) is 3.86. The smallest absolute Gasteiger partial charge is 0.326 e. The lowest BCUT2D eigenvalue weighted by Crippen LogP contribution is -2.48. The van der Waals surface area contributed by atoms with Crippen LogP contribution in [0, 0.1) is 0 Å². The molecule has 0 bridgehead atoms. The molecule has 0 saturated heterocycles. The highest BCUT2D eigenvalue weighted by Crippen LogP contribution is 2.38. The molecule has 4 rings (SSSR count). The molecule has 1 aromatic carbocycles. The van der Waals surface area contributed by atoms with Crippen molar-refractivity contribution in [2.45, 2.75) is 32.2 Å². The predicted molar refractivity (Wildman–Crippen MR) is 83.7 cm³/mol. The summed E-state index contributed by atoms with van der Waals surface area (Å²) in [4.78, 5) is 14.9. The van der Waals surface area contributed by atoms with E-state index in [9.17, 15) is 4.79 Å². The topological polar surface area (TPSA) is 37.3 Å². The Hall–Kier alpha value is -1.81. The lowest BCUT2D eigenvalue weighted by atomic mass is 9.96. The van der Waals surface area contributed by atoms with Gasteiger partial charge in [-0.3, -0.25) is 9.47 Å². The van der Waals surface area contributed by atoms with Crippen molar-refractivity contribution in [2.24, 2.45) is 0 Å². The van der Waals surface area contributed by atoms with E-state index >= 15 is 0 Å². The van der Waals surface area contributed by atoms with Gasteiger partial charge in [-0.2, -0.15) is 0 Å². The number of nitrogens with one attached hydrogen (secondary N) is 1. The van der Waals surface area contributed by atoms with Gasteiger partial charge in [0.25, 0.3) is 0 Å². The average molecular weight is 283 g/mol. The van der Waals surface area contributed by atoms with Crippen LogP contribution in [0.1, 0.15) is 37.1 Å². The van der Waals surface area contributed by atoms with Crippen LogP contribution in [0.25, 0.3) is 10.9 Å². The van der Waals surface area contributed by atoms with Crippen LogP contribution in [0.2, 0.25) is 0 Å². The Bertz CT molecular complexity index is 703. The van der Waals surface area contributed by atoms with Crippen LogP contribution >= 0.6 is 0 Å². The molecule has 21 heavy (non-hydrogen) atoms. The number of hydrogen-bond donors (Lipinski definition) is 1. The maximum atomic E-state index is 12.4. The van der Waals surface area contributed by atoms with Crippen molar-refractivity contribution in [1.82, 2.24) is 14.8 Å². The normalized spacial score (nSPS) is 21.4. The molecule has 0 saturated carbocycles. The molecule has 0 spiro atoms. The summed E-state index contributed by atoms with van der Waals surface area (Å²) in [5, 5.41) is 4.32. The standard InChI is InChI=1S/C17H21N3O/c1-2-3-9-19-10-8-13-12-6-4-5-7-14(12)20-16(13)15(19)11-18-17(20)21/h4-7,15H,2-3,8-11H2,1H3,(H,18,21). The van der Waals surface area contributed by atoms with E-state index < -0.39 is 0 Å². The second-order valence-corrected chi connectivity index (χ2v) is 6.06. The SMILES string of the molecule is CCCCN1CCc2c3n(c4ccccc24)C(=O)NCC31. The first-order valence-electron chi connectivity index (χ1n) is 7.95. The molecule has 3 heterocycles. The lowest BCUT2D eigenvalue weighted by Gasteiger charge is -2.39. The number of amides is 1. The lowest BCUT2D eigenvalue weighted by molar-refractivity contribution is 0.161. The summed E-state index contributed by atoms with van der Waals surface area (Å²) in [6.07, 6.45) is 3.49. The summed E-state index contributed by atoms with van der Waals surface area (Å²) >= 11 is 0. The van der Waals surface area contributed by atoms with Gasteiger partial charge in [-0.25, -0.2) is 4.79 Å². The quantitative estimate of drug-likeness (QED) is 0.940. The van der Waals surface area contributed by atoms with Gasteiger partial charge in [-0.05, 0) is 31.0 Å². The number of fused-ring (bicyclic) bond motifs is 3. The van der Waals surface area contributed by atoms with Gasteiger partial charge in [0.2, 0.25) is 0 Å². The van der Waals surface area contributed by atoms with Crippen molar-refractivity contribution < 1.29 is 4.79 Å². The van der Waals surface area contributed by atoms with Crippen LogP contribution in [-0.4, -0.2) is 35.1 Å². The van der Waals surface area contributed by atoms with E-state index in [1.807, 2.05) is 10.6 Å². The highest BCUT2D eigenvalue weighted by molar-refractivity contribution is 5.96. The van der Waals surface area contributed by atoms with Gasteiger partial charge in [0.15, 0.2) is 0 Å². The van der Waals surface area contributed by atoms with Gasteiger partial charge in [0.05, 0.1) is 17.3 Å². The zero-order valence-corrected chi connectivity index (χ0v) is 12.4. The Morgan fingerprint density at radius 2 is 2.19 bits per heavy atom. The molecular weight excluding hydrogens is 262 g/mol. The fourth-order valence-corrected chi connectivity index (χ4v) is 3.86. The molecule has 4 nitrogen and oxygen atoms in total. The number of para-hydroxylation sites is 1. The molecule has 2 aromatic rings. The van der Waals surface area contributed by atoms with E-state index in [-0.39, 0.29) is 6.03 Å². The molecule has 2 aliphatic heterocycles. The number of carbonyl (C=O) groups is 1. The van der Waals surface area contributed by atoms with E-state index in [0.717, 1.165) is 31.6 Å². The van der Waals surface area contributed by atoms with Gasteiger partial charge < -0.3 is 5.32 Å². The maximum Gasteiger partial charge on any atom is 0.326 e. The first-order valence-corrected chi connectivity index (χ1v) is 7.95. The summed E-state index contributed by atoms with van der Waals surface area (Å²) in [6, 6.07) is 8.67. The Balaban J connectivity index is 1.88. The molecule has 0 fully saturated rings. The van der Waals surface area contributed by atoms with E-state index in [0.29, 0.717) is 6.04 Å². The third-order valence-electron chi connectivity index (χ3n) is 4.87. The molecule has 1 amide bonds. The first kappa shape index (κ1) is 12.9. The van der Waals surface area contributed by atoms with Crippen molar-refractivity contribution in [3.63, 3.8) is 0 Å². The van der Waals surface area contributed by atoms with Gasteiger partial charge >= 0.3 is 6.03 Å². The van der Waals surface area contributed by atoms with E-state index in [1.54, 1.807) is 0 Å². The molecule has 1 unspecified atom stereocenters. The third kappa shape index (κ3) is 1.82. The highest BCUT2D eigenvalue weighted by Gasteiger charge is 2.37. The summed E-state index contributed by atoms with van der Waals surface area (Å²) in [5.41, 5.74) is 3.68. The fraction of sp³-hybridized carbons (Fsp3) is 0.471. The Morgan fingerprint density at radius 1 is 1.33 bits per heavy atom. The van der Waals surface area contributed by atoms with Gasteiger partial charge in [-0.1, -0.05) is 31.5 Å². The van der Waals surface area contributed by atoms with E-state index in [2.05, 4.69) is 35.3 Å². The first-order chi connectivity index (χ1) is 10.3. The van der Waals surface area contributed by atoms with Crippen molar-refractivity contribution in [1.29, 1.82) is 0 Å². The van der Waals surface area contributed by atoms with Crippen LogP contribution in [0.4, 0.5) is 4.79 Å². The molecule has 1 aromatic heterocycles. The van der Waals surface area contributed by atoms with Gasteiger partial charge in [-0.15, -0.1) is 0 Å². The predicted octanol–water partition coefficient (Wildman–Crippen LogP) is 2.91. The molecule has 1 N–H and O–H groups in total. The number of unbranched alkanes of at least 4 members (excludes halogenated alkanes) is 1. The van der Waals surface area contributed by atoms with Crippen LogP contribution in [-0.2, 0) is 6.42 Å². The monoisotopic (exact) mass is 283 g/mol. The molecule has 4 heteroatoms. The van der Waals surface area contributed by atoms with Crippen LogP contribution < -0.4 is 5.32 Å². The number of carbonyl (C=O) groups excluding carboxylic acids is 1. The molecular formula is C17H21N3O. The second-order valence-electron chi connectivity index (χ2n) is 6.06. The number of nitrogens with zero attached hydrogens (tertiary/aromatic N) is 2. The zero-order chi connectivity index (χ0) is 14.4. The van der Waals surface area contributed by atoms with Gasteiger partial charge in [0.1, 0.15) is 0 Å². The van der Waals surface area contributed by atoms with E-state index in [1.165, 1.54) is 29.5 Å². The second kappa shape index (κ2) is 4.88. The minimum Gasteiger partial charge on any atom is -0.335 e. The molecule has 110 valence electrons. The number of benzene rings is 1. The van der Waals surface area contributed by atoms with Crippen LogP contribution in [0.15, 0.2) is 24.3 Å². The summed E-state index contributed by atoms with van der Waals surface area (Å²) in [7, 11) is 0. The largest absolute Gasteiger partial charge is 0.335 e. The molecule has 1 atom stereocenters. The van der Waals surface area contributed by atoms with Crippen molar-refractivity contribution in [3.05, 3.63) is 35.5 Å². The summed E-state index contributed by atoms with van der Waals surface area (Å²) < 4.78 is 1.91. The van der Waals surface area contributed by atoms with Crippen molar-refractivity contribution >= 4 is 16.9 Å². The minimum atomic E-state index is 0.0287. The number of rotatable bonds is 3. The zero-order valence-electron chi connectivity index (χ0n) is 12.4. The highest BCUT2D eigenvalue weighted by atomic mass is 16.2. The van der Waals surface area contributed by atoms with Gasteiger partial charge in [0, 0.05) is 18.5 Å². The molecule has 0 aliphatic carbocycles. The summed E-state index contributed by atoms with van der Waals surface area (Å²) in [5.74, 6) is 0. The Morgan fingerprint density at radius 3 is 3.05 bits per heavy atom. The Labute approximate surface area is 124 Å². The van der Waals surface area contributed by atoms with E-state index in [4.69, 9.17) is 0 Å². The van der Waals surface area contributed by atoms with Crippen molar-refractivity contribution in [2.75, 3.05) is 19.6 Å². The minimum absolute atomic E-state index is 0.0287. The Kier molecular flexibility index (Phi) is 3.00. The molecule has 2 aliphatic rings. The van der Waals surface area contributed by atoms with Crippen LogP contribution in [0.5, 0.6) is 0 Å². The number of hydrogen-bond acceptors (Lipinski definition) is 2.